The SMILES string of the molecule is CCCCCCCCCCCC(=O)NCCCC[C@H](N)C(=O)NCCCCNCCCNC(=O)[C@@H](N)CCCCNC(=O)CCCCCCCCCCC.Cl.Cl. The minimum absolute atomic E-state index is 0. The summed E-state index contributed by atoms with van der Waals surface area (Å²) in [5, 5.41) is 15.2. The number of carbonyl (C=O) groups excluding carboxylic acids is 4. The van der Waals surface area contributed by atoms with Gasteiger partial charge in [-0.05, 0) is 83.7 Å². The van der Waals surface area contributed by atoms with Crippen molar-refractivity contribution in [2.45, 2.75) is 212 Å². The zero-order chi connectivity index (χ0) is 39.7. The molecule has 0 rings (SSSR count). The van der Waals surface area contributed by atoms with Crippen molar-refractivity contribution in [2.75, 3.05) is 39.3 Å². The van der Waals surface area contributed by atoms with E-state index in [2.05, 4.69) is 40.4 Å². The molecule has 9 N–H and O–H groups in total. The van der Waals surface area contributed by atoms with E-state index in [0.717, 1.165) is 83.7 Å². The molecule has 0 saturated heterocycles. The molecule has 0 bridgehead atoms. The van der Waals surface area contributed by atoms with E-state index >= 15 is 0 Å². The van der Waals surface area contributed by atoms with E-state index in [-0.39, 0.29) is 48.4 Å². The highest BCUT2D eigenvalue weighted by molar-refractivity contribution is 5.85. The number of carbonyl (C=O) groups is 4. The maximum Gasteiger partial charge on any atom is 0.236 e. The fourth-order valence-electron chi connectivity index (χ4n) is 6.46. The zero-order valence-electron chi connectivity index (χ0n) is 36.0. The Bertz CT molecular complexity index is 834. The van der Waals surface area contributed by atoms with Gasteiger partial charge in [0.15, 0.2) is 0 Å². The van der Waals surface area contributed by atoms with Crippen LogP contribution in [0.4, 0.5) is 0 Å². The van der Waals surface area contributed by atoms with Crippen LogP contribution in [0.3, 0.4) is 0 Å². The molecule has 56 heavy (non-hydrogen) atoms. The fraction of sp³-hybridized carbons (Fsp3) is 0.907. The molecule has 0 aromatic carbocycles. The Labute approximate surface area is 355 Å². The predicted octanol–water partition coefficient (Wildman–Crippen LogP) is 7.89. The summed E-state index contributed by atoms with van der Waals surface area (Å²) in [6.45, 7) is 8.57. The van der Waals surface area contributed by atoms with Crippen LogP contribution >= 0.6 is 24.8 Å². The Morgan fingerprint density at radius 1 is 0.375 bits per heavy atom. The van der Waals surface area contributed by atoms with E-state index in [4.69, 9.17) is 11.5 Å². The summed E-state index contributed by atoms with van der Waals surface area (Å²) in [5.74, 6) is 0.0189. The van der Waals surface area contributed by atoms with Crippen LogP contribution in [0.25, 0.3) is 0 Å². The number of rotatable bonds is 41. The lowest BCUT2D eigenvalue weighted by Gasteiger charge is -2.13. The van der Waals surface area contributed by atoms with Crippen molar-refractivity contribution in [1.29, 1.82) is 0 Å². The summed E-state index contributed by atoms with van der Waals surface area (Å²) in [6, 6.07) is -1.04. The predicted molar refractivity (Wildman–Crippen MR) is 241 cm³/mol. The van der Waals surface area contributed by atoms with E-state index in [1.165, 1.54) is 89.9 Å². The molecule has 0 unspecified atom stereocenters. The first-order valence-corrected chi connectivity index (χ1v) is 22.6. The van der Waals surface area contributed by atoms with Gasteiger partial charge in [-0.1, -0.05) is 117 Å². The molecule has 4 amide bonds. The van der Waals surface area contributed by atoms with Crippen LogP contribution in [0, 0.1) is 0 Å². The highest BCUT2D eigenvalue weighted by Crippen LogP contribution is 2.12. The molecule has 2 atom stereocenters. The van der Waals surface area contributed by atoms with Crippen LogP contribution in [0.5, 0.6) is 0 Å². The minimum atomic E-state index is -0.522. The quantitative estimate of drug-likeness (QED) is 0.0306. The van der Waals surface area contributed by atoms with E-state index in [1.54, 1.807) is 0 Å². The Balaban J connectivity index is -0.0000140. The molecule has 0 aliphatic heterocycles. The molecule has 0 aliphatic rings. The van der Waals surface area contributed by atoms with Crippen molar-refractivity contribution in [3.8, 4) is 0 Å². The second-order valence-electron chi connectivity index (χ2n) is 15.5. The number of hydrogen-bond acceptors (Lipinski definition) is 7. The van der Waals surface area contributed by atoms with E-state index in [0.29, 0.717) is 51.9 Å². The van der Waals surface area contributed by atoms with Crippen LogP contribution < -0.4 is 38.1 Å². The highest BCUT2D eigenvalue weighted by Gasteiger charge is 2.13. The van der Waals surface area contributed by atoms with Gasteiger partial charge in [0.05, 0.1) is 12.1 Å². The van der Waals surface area contributed by atoms with Crippen molar-refractivity contribution in [3.63, 3.8) is 0 Å². The molecule has 0 aliphatic carbocycles. The number of hydrogen-bond donors (Lipinski definition) is 7. The highest BCUT2D eigenvalue weighted by atomic mass is 35.5. The molecule has 0 fully saturated rings. The first kappa shape index (κ1) is 58.7. The molecular formula is C43H89Cl2N7O4. The minimum Gasteiger partial charge on any atom is -0.356 e. The van der Waals surface area contributed by atoms with Crippen LogP contribution in [0.1, 0.15) is 200 Å². The number of nitrogens with two attached hydrogens (primary N) is 2. The molecule has 13 heteroatoms. The van der Waals surface area contributed by atoms with Crippen molar-refractivity contribution in [1.82, 2.24) is 26.6 Å². The maximum absolute atomic E-state index is 12.3. The number of amides is 4. The van der Waals surface area contributed by atoms with Crippen LogP contribution in [-0.2, 0) is 19.2 Å². The summed E-state index contributed by atoms with van der Waals surface area (Å²) in [4.78, 5) is 48.7. The molecule has 0 spiro atoms. The van der Waals surface area contributed by atoms with E-state index < -0.39 is 12.1 Å². The number of unbranched alkanes of at least 4 members (excludes halogenated alkanes) is 19. The second kappa shape index (κ2) is 46.0. The van der Waals surface area contributed by atoms with Gasteiger partial charge in [0.25, 0.3) is 0 Å². The van der Waals surface area contributed by atoms with Gasteiger partial charge in [-0.3, -0.25) is 19.2 Å². The van der Waals surface area contributed by atoms with E-state index in [1.807, 2.05) is 0 Å². The van der Waals surface area contributed by atoms with Crippen LogP contribution in [0.15, 0.2) is 0 Å². The Morgan fingerprint density at radius 3 is 1.09 bits per heavy atom. The average molecular weight is 839 g/mol. The number of nitrogens with one attached hydrogen (secondary N) is 5. The summed E-state index contributed by atoms with van der Waals surface area (Å²) in [6.07, 6.45) is 30.8. The smallest absolute Gasteiger partial charge is 0.236 e. The lowest BCUT2D eigenvalue weighted by atomic mass is 10.1. The summed E-state index contributed by atoms with van der Waals surface area (Å²) >= 11 is 0. The molecule has 0 aromatic rings. The third-order valence-electron chi connectivity index (χ3n) is 10.1. The number of halogens is 2. The third-order valence-corrected chi connectivity index (χ3v) is 10.1. The maximum atomic E-state index is 12.3. The first-order chi connectivity index (χ1) is 26.3. The van der Waals surface area contributed by atoms with E-state index in [9.17, 15) is 19.2 Å². The third kappa shape index (κ3) is 42.0. The van der Waals surface area contributed by atoms with Gasteiger partial charge >= 0.3 is 0 Å². The molecule has 0 heterocycles. The standard InChI is InChI=1S/C43H87N7O4.2ClH/c1-3-5-7-9-11-13-15-17-19-30-40(51)47-34-23-21-28-38(44)42(53)49-36-26-25-32-46-33-27-37-50-43(54)39(45)29-22-24-35-48-41(52)31-20-18-16-14-12-10-8-6-4-2;;/h38-39,46H,3-37,44-45H2,1-2H3,(H,47,51)(H,48,52)(H,49,53)(H,50,54);2*1H/t38-,39-;;/m0../s1. The normalized spacial score (nSPS) is 11.9. The molecule has 0 radical (unpaired) electrons. The van der Waals surface area contributed by atoms with Gasteiger partial charge in [-0.25, -0.2) is 0 Å². The molecule has 0 aromatic heterocycles. The van der Waals surface area contributed by atoms with Gasteiger partial charge in [0.2, 0.25) is 23.6 Å². The van der Waals surface area contributed by atoms with Gasteiger partial charge in [-0.2, -0.15) is 0 Å². The van der Waals surface area contributed by atoms with Gasteiger partial charge in [0, 0.05) is 39.0 Å². The van der Waals surface area contributed by atoms with Crippen molar-refractivity contribution < 1.29 is 19.2 Å². The summed E-state index contributed by atoms with van der Waals surface area (Å²) in [7, 11) is 0. The second-order valence-corrected chi connectivity index (χ2v) is 15.5. The first-order valence-electron chi connectivity index (χ1n) is 22.6. The topological polar surface area (TPSA) is 180 Å². The van der Waals surface area contributed by atoms with Crippen molar-refractivity contribution in [2.24, 2.45) is 11.5 Å². The van der Waals surface area contributed by atoms with Gasteiger partial charge in [0.1, 0.15) is 0 Å². The largest absolute Gasteiger partial charge is 0.356 e. The summed E-state index contributed by atoms with van der Waals surface area (Å²) < 4.78 is 0. The van der Waals surface area contributed by atoms with Crippen molar-refractivity contribution in [3.05, 3.63) is 0 Å². The Kier molecular flexibility index (Phi) is 48.2. The molecule has 334 valence electrons. The Morgan fingerprint density at radius 2 is 0.679 bits per heavy atom. The van der Waals surface area contributed by atoms with Crippen LogP contribution in [-0.4, -0.2) is 75.0 Å². The monoisotopic (exact) mass is 838 g/mol. The van der Waals surface area contributed by atoms with Crippen LogP contribution in [0.2, 0.25) is 0 Å². The summed E-state index contributed by atoms with van der Waals surface area (Å²) in [5.41, 5.74) is 12.1. The van der Waals surface area contributed by atoms with Gasteiger partial charge in [-0.15, -0.1) is 24.8 Å². The molecule has 0 saturated carbocycles. The molecule has 11 nitrogen and oxygen atoms in total. The zero-order valence-corrected chi connectivity index (χ0v) is 37.6. The average Bonchev–Trinajstić information content (AvgIpc) is 3.16. The lowest BCUT2D eigenvalue weighted by molar-refractivity contribution is -0.123. The Hall–Kier alpha value is -1.66. The van der Waals surface area contributed by atoms with Gasteiger partial charge < -0.3 is 38.1 Å². The van der Waals surface area contributed by atoms with Crippen molar-refractivity contribution >= 4 is 48.4 Å². The lowest BCUT2D eigenvalue weighted by Crippen LogP contribution is -2.41. The fourth-order valence-corrected chi connectivity index (χ4v) is 6.46. The molecular weight excluding hydrogens is 749 g/mol.